The van der Waals surface area contributed by atoms with Crippen molar-refractivity contribution in [2.75, 3.05) is 7.11 Å². The summed E-state index contributed by atoms with van der Waals surface area (Å²) >= 11 is 5.26. The van der Waals surface area contributed by atoms with E-state index in [9.17, 15) is 4.79 Å². The van der Waals surface area contributed by atoms with Crippen molar-refractivity contribution in [3.05, 3.63) is 53.1 Å². The van der Waals surface area contributed by atoms with Crippen molar-refractivity contribution in [2.24, 2.45) is 5.92 Å². The average Bonchev–Trinajstić information content (AvgIpc) is 2.94. The summed E-state index contributed by atoms with van der Waals surface area (Å²) in [6.45, 7) is 8.36. The summed E-state index contributed by atoms with van der Waals surface area (Å²) in [5.74, 6) is 1.57. The van der Waals surface area contributed by atoms with Gasteiger partial charge in [0.2, 0.25) is 5.91 Å². The van der Waals surface area contributed by atoms with Crippen molar-refractivity contribution in [2.45, 2.75) is 32.9 Å². The van der Waals surface area contributed by atoms with Crippen LogP contribution in [0.25, 0.3) is 0 Å². The van der Waals surface area contributed by atoms with E-state index in [4.69, 9.17) is 17.0 Å². The molecule has 1 aromatic heterocycles. The zero-order valence-electron chi connectivity index (χ0n) is 14.8. The first-order chi connectivity index (χ1) is 12.0. The summed E-state index contributed by atoms with van der Waals surface area (Å²) in [5, 5.41) is 10.2. The van der Waals surface area contributed by atoms with Crippen LogP contribution in [0.1, 0.15) is 31.3 Å². The lowest BCUT2D eigenvalue weighted by Crippen LogP contribution is -2.34. The number of nitrogens with one attached hydrogen (secondary N) is 2. The monoisotopic (exact) mass is 360 g/mol. The molecule has 25 heavy (non-hydrogen) atoms. The van der Waals surface area contributed by atoms with Crippen LogP contribution in [0.3, 0.4) is 0 Å². The first-order valence-electron chi connectivity index (χ1n) is 8.14. The van der Waals surface area contributed by atoms with E-state index >= 15 is 0 Å². The molecule has 6 nitrogen and oxygen atoms in total. The molecular weight excluding hydrogens is 336 g/mol. The molecule has 0 saturated carbocycles. The highest BCUT2D eigenvalue weighted by Gasteiger charge is 2.23. The molecule has 1 aromatic carbocycles. The molecule has 0 spiro atoms. The lowest BCUT2D eigenvalue weighted by atomic mass is 10.0. The molecule has 0 aliphatic carbocycles. The minimum atomic E-state index is -0.237. The van der Waals surface area contributed by atoms with E-state index < -0.39 is 0 Å². The van der Waals surface area contributed by atoms with Crippen LogP contribution in [-0.4, -0.2) is 27.8 Å². The van der Waals surface area contributed by atoms with Crippen LogP contribution < -0.4 is 10.1 Å². The highest BCUT2D eigenvalue weighted by atomic mass is 32.1. The molecule has 1 heterocycles. The number of nitrogens with zero attached hydrogens (tertiary/aromatic N) is 2. The van der Waals surface area contributed by atoms with Crippen molar-refractivity contribution in [1.82, 2.24) is 20.1 Å². The van der Waals surface area contributed by atoms with Crippen LogP contribution in [0, 0.1) is 10.7 Å². The van der Waals surface area contributed by atoms with Crippen molar-refractivity contribution >= 4 is 18.1 Å². The van der Waals surface area contributed by atoms with Crippen LogP contribution in [0.4, 0.5) is 0 Å². The summed E-state index contributed by atoms with van der Waals surface area (Å²) in [6.07, 6.45) is 2.05. The summed E-state index contributed by atoms with van der Waals surface area (Å²) in [6, 6.07) is 7.22. The number of carbonyl (C=O) groups excluding carboxylic acids is 1. The lowest BCUT2D eigenvalue weighted by Gasteiger charge is -2.22. The fourth-order valence-electron chi connectivity index (χ4n) is 2.56. The fourth-order valence-corrected chi connectivity index (χ4v) is 2.77. The Kier molecular flexibility index (Phi) is 6.52. The largest absolute Gasteiger partial charge is 0.497 e. The van der Waals surface area contributed by atoms with Gasteiger partial charge in [-0.2, -0.15) is 5.10 Å². The number of hydrogen-bond donors (Lipinski definition) is 2. The molecule has 0 fully saturated rings. The number of benzene rings is 1. The van der Waals surface area contributed by atoms with Gasteiger partial charge in [-0.3, -0.25) is 14.5 Å². The van der Waals surface area contributed by atoms with E-state index in [0.29, 0.717) is 23.6 Å². The second-order valence-electron chi connectivity index (χ2n) is 6.10. The Balaban J connectivity index is 2.14. The number of hydrogen-bond acceptors (Lipinski definition) is 4. The van der Waals surface area contributed by atoms with Crippen LogP contribution in [-0.2, 0) is 17.8 Å². The van der Waals surface area contributed by atoms with Crippen molar-refractivity contribution in [1.29, 1.82) is 0 Å². The van der Waals surface area contributed by atoms with Gasteiger partial charge >= 0.3 is 0 Å². The molecule has 0 bridgehead atoms. The molecule has 134 valence electrons. The molecule has 7 heteroatoms. The number of ether oxygens (including phenoxy) is 1. The normalized spacial score (nSPS) is 12.0. The molecule has 2 aromatic rings. The standard InChI is InChI=1S/C18H24N4O2S/c1-5-10-22-17(20-21-18(22)25)16(12(2)3)19-15(23)11-13-6-8-14(24-4)9-7-13/h5-9,12,16H,1,10-11H2,2-4H3,(H,19,23)(H,21,25)/t16-/m0/s1. The zero-order valence-corrected chi connectivity index (χ0v) is 15.6. The van der Waals surface area contributed by atoms with Gasteiger partial charge in [-0.1, -0.05) is 32.1 Å². The van der Waals surface area contributed by atoms with Crippen molar-refractivity contribution < 1.29 is 9.53 Å². The van der Waals surface area contributed by atoms with E-state index in [1.54, 1.807) is 13.2 Å². The number of aromatic nitrogens is 3. The highest BCUT2D eigenvalue weighted by Crippen LogP contribution is 2.21. The Morgan fingerprint density at radius 1 is 1.44 bits per heavy atom. The van der Waals surface area contributed by atoms with Gasteiger partial charge in [-0.25, -0.2) is 0 Å². The van der Waals surface area contributed by atoms with Gasteiger partial charge in [0.1, 0.15) is 5.75 Å². The van der Waals surface area contributed by atoms with Gasteiger partial charge in [0.05, 0.1) is 19.6 Å². The molecule has 0 unspecified atom stereocenters. The Morgan fingerprint density at radius 2 is 2.12 bits per heavy atom. The summed E-state index contributed by atoms with van der Waals surface area (Å²) in [4.78, 5) is 12.5. The van der Waals surface area contributed by atoms with Crippen LogP contribution in [0.15, 0.2) is 36.9 Å². The van der Waals surface area contributed by atoms with Gasteiger partial charge in [0.25, 0.3) is 0 Å². The van der Waals surface area contributed by atoms with Gasteiger partial charge < -0.3 is 10.1 Å². The average molecular weight is 360 g/mol. The first-order valence-corrected chi connectivity index (χ1v) is 8.55. The smallest absolute Gasteiger partial charge is 0.225 e. The molecule has 2 rings (SSSR count). The maximum Gasteiger partial charge on any atom is 0.225 e. The number of aromatic amines is 1. The van der Waals surface area contributed by atoms with Gasteiger partial charge in [0.15, 0.2) is 10.6 Å². The van der Waals surface area contributed by atoms with E-state index in [2.05, 4.69) is 22.1 Å². The second-order valence-corrected chi connectivity index (χ2v) is 6.49. The summed E-state index contributed by atoms with van der Waals surface area (Å²) in [7, 11) is 1.62. The van der Waals surface area contributed by atoms with Gasteiger partial charge in [0, 0.05) is 6.54 Å². The predicted octanol–water partition coefficient (Wildman–Crippen LogP) is 3.19. The topological polar surface area (TPSA) is 71.9 Å². The zero-order chi connectivity index (χ0) is 18.4. The number of methoxy groups -OCH3 is 1. The summed E-state index contributed by atoms with van der Waals surface area (Å²) < 4.78 is 7.50. The van der Waals surface area contributed by atoms with Crippen molar-refractivity contribution in [3.63, 3.8) is 0 Å². The number of rotatable bonds is 8. The Hall–Kier alpha value is -2.41. The Labute approximate surface area is 152 Å². The molecule has 0 aliphatic heterocycles. The maximum absolute atomic E-state index is 12.5. The maximum atomic E-state index is 12.5. The van der Waals surface area contributed by atoms with Crippen LogP contribution in [0.2, 0.25) is 0 Å². The Morgan fingerprint density at radius 3 is 2.68 bits per heavy atom. The highest BCUT2D eigenvalue weighted by molar-refractivity contribution is 7.71. The first kappa shape index (κ1) is 18.9. The van der Waals surface area contributed by atoms with Crippen LogP contribution >= 0.6 is 12.2 Å². The van der Waals surface area contributed by atoms with Crippen LogP contribution in [0.5, 0.6) is 5.75 Å². The van der Waals surface area contributed by atoms with E-state index in [1.165, 1.54) is 0 Å². The molecule has 0 radical (unpaired) electrons. The molecule has 1 amide bonds. The quantitative estimate of drug-likeness (QED) is 0.560. The third kappa shape index (κ3) is 4.79. The van der Waals surface area contributed by atoms with Gasteiger partial charge in [-0.15, -0.1) is 6.58 Å². The van der Waals surface area contributed by atoms with E-state index in [0.717, 1.165) is 11.3 Å². The third-order valence-corrected chi connectivity index (χ3v) is 4.20. The molecular formula is C18H24N4O2S. The molecule has 0 aliphatic rings. The number of H-pyrrole nitrogens is 1. The summed E-state index contributed by atoms with van der Waals surface area (Å²) in [5.41, 5.74) is 0.922. The van der Waals surface area contributed by atoms with Crippen molar-refractivity contribution in [3.8, 4) is 5.75 Å². The third-order valence-electron chi connectivity index (χ3n) is 3.88. The number of amides is 1. The lowest BCUT2D eigenvalue weighted by molar-refractivity contribution is -0.121. The predicted molar refractivity (Wildman–Crippen MR) is 100 cm³/mol. The molecule has 2 N–H and O–H groups in total. The Bertz CT molecular complexity index is 777. The SMILES string of the molecule is C=CCn1c([C@@H](NC(=O)Cc2ccc(OC)cc2)C(C)C)n[nH]c1=S. The van der Waals surface area contributed by atoms with E-state index in [1.807, 2.05) is 42.7 Å². The van der Waals surface area contributed by atoms with Gasteiger partial charge in [-0.05, 0) is 35.8 Å². The molecule has 0 saturated heterocycles. The van der Waals surface area contributed by atoms with E-state index in [-0.39, 0.29) is 17.9 Å². The fraction of sp³-hybridized carbons (Fsp3) is 0.389. The minimum absolute atomic E-state index is 0.0667. The number of carbonyl (C=O) groups is 1. The minimum Gasteiger partial charge on any atom is -0.497 e. The second kappa shape index (κ2) is 8.62. The number of allylic oxidation sites excluding steroid dienone is 1. The molecule has 1 atom stereocenters.